The van der Waals surface area contributed by atoms with E-state index in [4.69, 9.17) is 0 Å². The van der Waals surface area contributed by atoms with E-state index >= 15 is 0 Å². The molecule has 0 saturated heterocycles. The molecular weight excluding hydrogens is 383 g/mol. The largest absolute Gasteiger partial charge is 5.00 e. The van der Waals surface area contributed by atoms with Gasteiger partial charge in [0, 0.05) is 0 Å². The summed E-state index contributed by atoms with van der Waals surface area (Å²) in [6.45, 7) is 0. The molecule has 0 aromatic carbocycles. The molecule has 0 aromatic heterocycles. The van der Waals surface area contributed by atoms with Crippen LogP contribution < -0.4 is 0 Å². The maximum atomic E-state index is 0. The Balaban J connectivity index is 0. The van der Waals surface area contributed by atoms with Gasteiger partial charge in [0.1, 0.15) is 0 Å². The van der Waals surface area contributed by atoms with Crippen LogP contribution >= 0.6 is 0 Å². The smallest absolute Gasteiger partial charge is 2.00 e. The Morgan fingerprint density at radius 2 is 0.750 bits per heavy atom. The molecule has 1 nitrogen and oxygen atoms in total. The SMILES string of the molecule is [Nb+5].[Nb+5].[O-2].[Ta+5]. The average Bonchev–Trinajstić information content (AvgIpc) is 0. The fraction of sp³-hybridized carbons (Fsp3) is 0. The molecule has 0 aromatic rings. The Morgan fingerprint density at radius 1 is 0.750 bits per heavy atom. The fourth-order valence-electron chi connectivity index (χ4n) is 0. The second-order valence-corrected chi connectivity index (χ2v) is 0. The van der Waals surface area contributed by atoms with Gasteiger partial charge < -0.3 is 5.48 Å². The number of hydrogen-bond donors (Lipinski definition) is 0. The molecular formula is Nb2OTa+13. The molecule has 8 valence electrons. The molecule has 4 heteroatoms. The van der Waals surface area contributed by atoms with Crippen LogP contribution in [-0.4, -0.2) is 0 Å². The van der Waals surface area contributed by atoms with Gasteiger partial charge in [0.2, 0.25) is 0 Å². The van der Waals surface area contributed by atoms with Crippen LogP contribution in [0.5, 0.6) is 0 Å². The monoisotopic (exact) mass is 383 g/mol. The third-order valence-corrected chi connectivity index (χ3v) is 0. The van der Waals surface area contributed by atoms with Crippen LogP contribution in [-0.2, 0) is 72.6 Å². The first-order chi connectivity index (χ1) is 0. The predicted octanol–water partition coefficient (Wildman–Crippen LogP) is -0.126. The molecule has 0 heterocycles. The van der Waals surface area contributed by atoms with Crippen LogP contribution in [0, 0.1) is 0 Å². The van der Waals surface area contributed by atoms with Crippen LogP contribution in [0.3, 0.4) is 0 Å². The zero-order valence-electron chi connectivity index (χ0n) is 1.75. The van der Waals surface area contributed by atoms with E-state index < -0.39 is 0 Å². The van der Waals surface area contributed by atoms with Crippen LogP contribution in [0.2, 0.25) is 0 Å². The zero-order valence-corrected chi connectivity index (χ0v) is 9.36. The summed E-state index contributed by atoms with van der Waals surface area (Å²) >= 11 is 0. The van der Waals surface area contributed by atoms with Crippen LogP contribution in [0.4, 0.5) is 0 Å². The quantitative estimate of drug-likeness (QED) is 0.523. The molecule has 0 N–H and O–H groups in total. The van der Waals surface area contributed by atoms with Gasteiger partial charge in [-0.3, -0.25) is 0 Å². The van der Waals surface area contributed by atoms with Crippen molar-refractivity contribution in [3.05, 3.63) is 0 Å². The Hall–Kier alpha value is 2.18. The van der Waals surface area contributed by atoms with Gasteiger partial charge in [0.05, 0.1) is 0 Å². The number of hydrogen-bond acceptors (Lipinski definition) is 0. The van der Waals surface area contributed by atoms with Gasteiger partial charge in [-0.05, 0) is 0 Å². The van der Waals surface area contributed by atoms with E-state index in [1.807, 2.05) is 0 Å². The second kappa shape index (κ2) is 19.0. The summed E-state index contributed by atoms with van der Waals surface area (Å²) in [5, 5.41) is 0. The van der Waals surface area contributed by atoms with Crippen LogP contribution in [0.25, 0.3) is 0 Å². The zero-order chi connectivity index (χ0) is 0. The summed E-state index contributed by atoms with van der Waals surface area (Å²) in [5.41, 5.74) is 0. The summed E-state index contributed by atoms with van der Waals surface area (Å²) in [5.74, 6) is 0. The summed E-state index contributed by atoms with van der Waals surface area (Å²) < 4.78 is 0. The normalized spacial score (nSPS) is 0. The molecule has 0 unspecified atom stereocenters. The van der Waals surface area contributed by atoms with Crippen molar-refractivity contribution < 1.29 is 72.6 Å². The standard InChI is InChI=1S/2Nb.O.Ta/q2*+5;-2;+5. The van der Waals surface area contributed by atoms with Crippen molar-refractivity contribution in [3.8, 4) is 0 Å². The van der Waals surface area contributed by atoms with Crippen molar-refractivity contribution in [2.24, 2.45) is 0 Å². The molecule has 0 amide bonds. The topological polar surface area (TPSA) is 28.5 Å². The van der Waals surface area contributed by atoms with E-state index in [2.05, 4.69) is 0 Å². The predicted molar refractivity (Wildman–Crippen MR) is 0.686 cm³/mol. The van der Waals surface area contributed by atoms with Crippen molar-refractivity contribution in [1.82, 2.24) is 0 Å². The maximum Gasteiger partial charge on any atom is 5.00 e. The summed E-state index contributed by atoms with van der Waals surface area (Å²) in [6.07, 6.45) is 0. The van der Waals surface area contributed by atoms with Gasteiger partial charge in [-0.2, -0.15) is 0 Å². The minimum atomic E-state index is 0. The molecule has 0 rings (SSSR count). The first-order valence-corrected chi connectivity index (χ1v) is 0. The second-order valence-electron chi connectivity index (χ2n) is 0. The minimum Gasteiger partial charge on any atom is -2.00 e. The molecule has 0 atom stereocenters. The molecule has 4 heavy (non-hydrogen) atoms. The molecule has 0 aliphatic heterocycles. The van der Waals surface area contributed by atoms with E-state index in [-0.39, 0.29) is 72.6 Å². The first-order valence-electron chi connectivity index (χ1n) is 0. The maximum absolute atomic E-state index is 0. The van der Waals surface area contributed by atoms with Crippen molar-refractivity contribution in [3.63, 3.8) is 0 Å². The Kier molecular flexibility index (Phi) is 166. The molecule has 0 fully saturated rings. The third-order valence-electron chi connectivity index (χ3n) is 0. The van der Waals surface area contributed by atoms with Crippen molar-refractivity contribution in [2.45, 2.75) is 0 Å². The average molecular weight is 383 g/mol. The van der Waals surface area contributed by atoms with Gasteiger partial charge in [0.15, 0.2) is 0 Å². The van der Waals surface area contributed by atoms with Gasteiger partial charge >= 0.3 is 67.1 Å². The van der Waals surface area contributed by atoms with Gasteiger partial charge in [-0.25, -0.2) is 0 Å². The van der Waals surface area contributed by atoms with Crippen molar-refractivity contribution >= 4 is 0 Å². The minimum absolute atomic E-state index is 0. The Labute approximate surface area is 71.7 Å². The Morgan fingerprint density at radius 3 is 0.750 bits per heavy atom. The van der Waals surface area contributed by atoms with E-state index in [0.717, 1.165) is 0 Å². The third kappa shape index (κ3) is 8.89. The molecule has 0 radical (unpaired) electrons. The fourth-order valence-corrected chi connectivity index (χ4v) is 0. The molecule has 0 aliphatic carbocycles. The molecule has 0 bridgehead atoms. The van der Waals surface area contributed by atoms with Crippen LogP contribution in [0.15, 0.2) is 0 Å². The van der Waals surface area contributed by atoms with E-state index in [9.17, 15) is 0 Å². The Bertz CT molecular complexity index is 6.00. The van der Waals surface area contributed by atoms with Gasteiger partial charge in [-0.1, -0.05) is 0 Å². The molecule has 0 spiro atoms. The van der Waals surface area contributed by atoms with E-state index in [0.29, 0.717) is 0 Å². The summed E-state index contributed by atoms with van der Waals surface area (Å²) in [7, 11) is 0. The van der Waals surface area contributed by atoms with Crippen molar-refractivity contribution in [2.75, 3.05) is 0 Å². The summed E-state index contributed by atoms with van der Waals surface area (Å²) in [4.78, 5) is 0. The molecule has 0 aliphatic rings. The van der Waals surface area contributed by atoms with Crippen molar-refractivity contribution in [1.29, 1.82) is 0 Å². The van der Waals surface area contributed by atoms with Gasteiger partial charge in [0.25, 0.3) is 0 Å². The van der Waals surface area contributed by atoms with Gasteiger partial charge in [-0.15, -0.1) is 0 Å². The first kappa shape index (κ1) is 34.9. The van der Waals surface area contributed by atoms with Crippen LogP contribution in [0.1, 0.15) is 0 Å². The summed E-state index contributed by atoms with van der Waals surface area (Å²) in [6, 6.07) is 0. The molecule has 0 saturated carbocycles. The van der Waals surface area contributed by atoms with E-state index in [1.54, 1.807) is 0 Å². The number of rotatable bonds is 0. The van der Waals surface area contributed by atoms with E-state index in [1.165, 1.54) is 0 Å².